The number of guanidine groups is 1. The number of hydrogen-bond acceptors (Lipinski definition) is 24. The van der Waals surface area contributed by atoms with Gasteiger partial charge in [-0.1, -0.05) is 153 Å². The molecular weight excluding hydrogens is 1940 g/mol. The lowest BCUT2D eigenvalue weighted by atomic mass is 9.85. The highest BCUT2D eigenvalue weighted by atomic mass is 32.2. The summed E-state index contributed by atoms with van der Waals surface area (Å²) < 4.78 is 5.25. The molecule has 5 aromatic carbocycles. The molecule has 16 amide bonds. The summed E-state index contributed by atoms with van der Waals surface area (Å²) >= 11 is 2.04. The standard InChI is InChI=1S/C102H128N20O23S2/c1-55(2)43-71-90(133)117-77(88(131)108-50-79(103)123)53-146-54-81(125)118-86(102(7,8)9)97(140)115-72(44-58-23-27-60(28-24-58)62-31-33-64(34-32-62)100(143)144)91(134)116-76(45-59-25-29-61(30-26-59)63-35-37-66(38-36-63)109-87(130)65-17-13-19-68(46-65)145-52-83(128)129)98(141)121(10)51-80(124)110-73(47-67-18-11-12-39-106-67)92(135)113-75(49-82(126)127)94(137)111-70(21-14-40-107-101(104)105)89(132)120-85(57(5)6)99(142)122-41-15-22-78(122)95(138)119-84(56(3)4)96(139)114-74(93(136)112-71)48-69-20-16-42-147-69/h11-13,16-20,23-39,42,46,55-57,70-78,84-86H,14-15,21-22,40-41,43-45,47-54H2,1-10H3,(H2,103,123)(H,108,131)(H,109,130)(H,110,124)(H,111,137)(H,112,136)(H,113,135)(H,114,139)(H,115,140)(H,116,134)(H,117,133)(H,118,125)(H,119,138)(H,120,132)(H,126,127)(H,128,129)(H,143,144)(H4,104,105,107)/t70-,71+,72+,73+,74+,75+,76+,77+,78+,84+,85+,86-/m1/s1. The number of nitrogens with two attached hydrogens (primary N) is 2. The number of carbonyl (C=O) groups excluding carboxylic acids is 16. The SMILES string of the molecule is CC(C)C[C@@H]1NC(=O)[C@H](Cc2cccs2)NC(=O)[C@H](C(C)C)NC(=O)[C@@H]2CCCN2C(=O)[C@H](C(C)C)NC(=O)[C@@H](CCCNC(=N)N)NC(=O)[C@H](CC(=O)O)NC(=O)[C@H](Cc2ccccn2)NC(=O)CN(C)C(=O)[C@H](Cc2ccc(-c3ccc(NC(=O)c4cccc(OCC(=O)O)c4)cc3)cc2)NC(=O)[C@H](Cc2ccc(-c3ccc(C(=O)O)cc3)cc2)NC(=O)[C@H](C(C)(C)C)NC(=O)CSC[C@@H](C(=O)NCC(N)=O)NC1=O. The minimum Gasteiger partial charge on any atom is -0.482 e. The molecule has 2 aromatic heterocycles. The molecule has 7 aromatic rings. The van der Waals surface area contributed by atoms with E-state index in [-0.39, 0.29) is 92.9 Å². The summed E-state index contributed by atoms with van der Waals surface area (Å²) in [6.07, 6.45) is -1.12. The molecule has 0 saturated carbocycles. The molecule has 4 heterocycles. The summed E-state index contributed by atoms with van der Waals surface area (Å²) in [7, 11) is 1.20. The van der Waals surface area contributed by atoms with Gasteiger partial charge < -0.3 is 116 Å². The molecule has 2 aliphatic heterocycles. The zero-order chi connectivity index (χ0) is 108. The van der Waals surface area contributed by atoms with Crippen molar-refractivity contribution in [2.24, 2.45) is 34.6 Å². The van der Waals surface area contributed by atoms with Crippen LogP contribution in [0.2, 0.25) is 0 Å². The molecular formula is C102H128N20O23S2. The molecule has 147 heavy (non-hydrogen) atoms. The first-order valence-electron chi connectivity index (χ1n) is 47.8. The van der Waals surface area contributed by atoms with E-state index in [0.29, 0.717) is 43.9 Å². The third-order valence-corrected chi connectivity index (χ3v) is 25.8. The smallest absolute Gasteiger partial charge is 0.341 e. The van der Waals surface area contributed by atoms with Crippen molar-refractivity contribution in [2.75, 3.05) is 56.7 Å². The van der Waals surface area contributed by atoms with E-state index in [0.717, 1.165) is 16.7 Å². The van der Waals surface area contributed by atoms with Crippen LogP contribution < -0.4 is 90.6 Å². The van der Waals surface area contributed by atoms with Crippen LogP contribution in [0.1, 0.15) is 143 Å². The number of carboxylic acids is 3. The van der Waals surface area contributed by atoms with E-state index in [1.165, 1.54) is 71.9 Å². The van der Waals surface area contributed by atoms with Crippen molar-refractivity contribution >= 4 is 147 Å². The van der Waals surface area contributed by atoms with Crippen molar-refractivity contribution in [3.05, 3.63) is 196 Å². The van der Waals surface area contributed by atoms with Gasteiger partial charge in [-0.2, -0.15) is 0 Å². The topological polar surface area (TPSA) is 658 Å². The largest absolute Gasteiger partial charge is 0.482 e. The van der Waals surface area contributed by atoms with Gasteiger partial charge in [0.2, 0.25) is 88.6 Å². The highest BCUT2D eigenvalue weighted by Gasteiger charge is 2.44. The number of benzene rings is 5. The normalized spacial score (nSPS) is 21.3. The van der Waals surface area contributed by atoms with Gasteiger partial charge in [0.15, 0.2) is 12.6 Å². The monoisotopic (exact) mass is 2060 g/mol. The number of fused-ring (bicyclic) bond motifs is 1. The van der Waals surface area contributed by atoms with Crippen LogP contribution in [0.5, 0.6) is 5.75 Å². The molecule has 22 N–H and O–H groups in total. The van der Waals surface area contributed by atoms with Gasteiger partial charge in [0, 0.05) is 79.6 Å². The van der Waals surface area contributed by atoms with Crippen LogP contribution in [0.3, 0.4) is 0 Å². The number of aromatic carboxylic acids is 1. The van der Waals surface area contributed by atoms with Crippen LogP contribution in [0.25, 0.3) is 22.3 Å². The maximum absolute atomic E-state index is 15.8. The van der Waals surface area contributed by atoms with Gasteiger partial charge >= 0.3 is 17.9 Å². The van der Waals surface area contributed by atoms with E-state index in [4.69, 9.17) is 26.7 Å². The van der Waals surface area contributed by atoms with Gasteiger partial charge in [0.25, 0.3) is 5.91 Å². The van der Waals surface area contributed by atoms with Crippen molar-refractivity contribution in [1.29, 1.82) is 5.41 Å². The van der Waals surface area contributed by atoms with E-state index in [9.17, 15) is 77.3 Å². The number of nitrogens with one attached hydrogen (secondary N) is 15. The number of hydrogen-bond donors (Lipinski definition) is 20. The number of carbonyl (C=O) groups is 19. The van der Waals surface area contributed by atoms with Gasteiger partial charge in [0.05, 0.1) is 30.8 Å². The summed E-state index contributed by atoms with van der Waals surface area (Å²) in [5.41, 5.74) is 13.9. The molecule has 786 valence electrons. The summed E-state index contributed by atoms with van der Waals surface area (Å²) in [5.74, 6) is -21.9. The molecule has 0 radical (unpaired) electrons. The lowest BCUT2D eigenvalue weighted by Gasteiger charge is -2.33. The van der Waals surface area contributed by atoms with Crippen molar-refractivity contribution < 1.29 is 111 Å². The highest BCUT2D eigenvalue weighted by Crippen LogP contribution is 2.29. The Labute approximate surface area is 857 Å². The molecule has 0 aliphatic carbocycles. The van der Waals surface area contributed by atoms with E-state index < -0.39 is 252 Å². The molecule has 43 nitrogen and oxygen atoms in total. The Balaban J connectivity index is 1.11. The fourth-order valence-corrected chi connectivity index (χ4v) is 17.8. The number of thiophene rings is 1. The number of amides is 16. The Morgan fingerprint density at radius 1 is 0.537 bits per heavy atom. The number of carboxylic acid groups (broad SMARTS) is 3. The highest BCUT2D eigenvalue weighted by molar-refractivity contribution is 8.00. The number of ether oxygens (including phenoxy) is 1. The second kappa shape index (κ2) is 54.8. The van der Waals surface area contributed by atoms with Crippen LogP contribution in [0.15, 0.2) is 163 Å². The summed E-state index contributed by atoms with van der Waals surface area (Å²) in [6.45, 7) is 12.4. The second-order valence-corrected chi connectivity index (χ2v) is 40.0. The van der Waals surface area contributed by atoms with Crippen LogP contribution in [-0.2, 0) is 107 Å². The molecule has 0 unspecified atom stereocenters. The molecule has 45 heteroatoms. The predicted molar refractivity (Wildman–Crippen MR) is 545 cm³/mol. The molecule has 2 saturated heterocycles. The van der Waals surface area contributed by atoms with Crippen LogP contribution in [0, 0.1) is 28.6 Å². The number of pyridine rings is 1. The number of thioether (sulfide) groups is 1. The van der Waals surface area contributed by atoms with Gasteiger partial charge in [-0.05, 0) is 155 Å². The van der Waals surface area contributed by atoms with Crippen LogP contribution in [0.4, 0.5) is 5.69 Å². The van der Waals surface area contributed by atoms with Crippen molar-refractivity contribution in [3.63, 3.8) is 0 Å². The summed E-state index contributed by atoms with van der Waals surface area (Å²) in [4.78, 5) is 278. The molecule has 0 bridgehead atoms. The zero-order valence-corrected chi connectivity index (χ0v) is 84.7. The average molecular weight is 2070 g/mol. The maximum Gasteiger partial charge on any atom is 0.341 e. The van der Waals surface area contributed by atoms with E-state index in [2.05, 4.69) is 79.4 Å². The van der Waals surface area contributed by atoms with Gasteiger partial charge in [-0.25, -0.2) is 9.59 Å². The first-order valence-corrected chi connectivity index (χ1v) is 49.8. The first kappa shape index (κ1) is 115. The third kappa shape index (κ3) is 35.9. The Morgan fingerprint density at radius 2 is 1.09 bits per heavy atom. The number of aliphatic carboxylic acids is 2. The number of anilines is 1. The second-order valence-electron chi connectivity index (χ2n) is 37.9. The fraction of sp³-hybridized carbons (Fsp3) is 0.422. The molecule has 2 aliphatic rings. The van der Waals surface area contributed by atoms with Gasteiger partial charge in [0.1, 0.15) is 78.3 Å². The van der Waals surface area contributed by atoms with Gasteiger partial charge in [-0.3, -0.25) is 91.9 Å². The Morgan fingerprint density at radius 3 is 1.65 bits per heavy atom. The Bertz CT molecular complexity index is 5870. The summed E-state index contributed by atoms with van der Waals surface area (Å²) in [5, 5.41) is 76.0. The van der Waals surface area contributed by atoms with E-state index >= 15 is 24.0 Å². The molecule has 0 spiro atoms. The molecule has 9 rings (SSSR count). The quantitative estimate of drug-likeness (QED) is 0.0182. The van der Waals surface area contributed by atoms with Crippen molar-refractivity contribution in [3.8, 4) is 28.0 Å². The first-order chi connectivity index (χ1) is 69.7. The number of likely N-dealkylation sites (N-methyl/N-ethyl adjacent to an activating group) is 1. The average Bonchev–Trinajstić information content (AvgIpc) is 1.69. The van der Waals surface area contributed by atoms with Gasteiger partial charge in [-0.15, -0.1) is 23.1 Å². The number of rotatable bonds is 29. The predicted octanol–water partition coefficient (Wildman–Crippen LogP) is 2.43. The third-order valence-electron chi connectivity index (χ3n) is 23.9. The maximum atomic E-state index is 15.8. The lowest BCUT2D eigenvalue weighted by Crippen LogP contribution is -2.62. The number of nitrogens with zero attached hydrogens (tertiary/aromatic N) is 3. The minimum atomic E-state index is -2.05. The lowest BCUT2D eigenvalue weighted by molar-refractivity contribution is -0.144. The Kier molecular flexibility index (Phi) is 42.9. The molecule has 12 atom stereocenters. The van der Waals surface area contributed by atoms with E-state index in [1.807, 2.05) is 0 Å². The fourth-order valence-electron chi connectivity index (χ4n) is 16.2. The Hall–Kier alpha value is -15.7. The van der Waals surface area contributed by atoms with Crippen molar-refractivity contribution in [1.82, 2.24) is 83.9 Å². The number of primary amides is 1. The number of aromatic nitrogens is 1. The van der Waals surface area contributed by atoms with Crippen molar-refractivity contribution in [2.45, 2.75) is 199 Å². The van der Waals surface area contributed by atoms with Crippen LogP contribution >= 0.6 is 23.1 Å². The summed E-state index contributed by atoms with van der Waals surface area (Å²) in [6, 6.07) is 21.0. The van der Waals surface area contributed by atoms with Crippen LogP contribution in [-0.4, -0.2) is 272 Å². The van der Waals surface area contributed by atoms with E-state index in [1.54, 1.807) is 177 Å². The zero-order valence-electron chi connectivity index (χ0n) is 83.1. The molecule has 2 fully saturated rings. The minimum absolute atomic E-state index is 0.0182.